The van der Waals surface area contributed by atoms with E-state index in [1.165, 1.54) is 0 Å². The molecule has 1 aromatic heterocycles. The van der Waals surface area contributed by atoms with Gasteiger partial charge in [0.05, 0.1) is 5.57 Å². The molecule has 5 nitrogen and oxygen atoms in total. The molecule has 0 aliphatic heterocycles. The number of aromatic nitrogens is 3. The first kappa shape index (κ1) is 36.2. The summed E-state index contributed by atoms with van der Waals surface area (Å²) in [4.78, 5) is 11.4. The molecule has 0 fully saturated rings. The molecule has 242 valence electrons. The van der Waals surface area contributed by atoms with Crippen LogP contribution in [0.1, 0.15) is 0 Å². The third-order valence-electron chi connectivity index (χ3n) is 5.05. The van der Waals surface area contributed by atoms with E-state index >= 15 is 0 Å². The van der Waals surface area contributed by atoms with Gasteiger partial charge in [-0.05, 0) is 47.5 Å². The summed E-state index contributed by atoms with van der Waals surface area (Å²) in [5, 5.41) is -1.02. The van der Waals surface area contributed by atoms with Gasteiger partial charge in [0, 0.05) is 12.7 Å². The van der Waals surface area contributed by atoms with Gasteiger partial charge in [0.2, 0.25) is 22.3 Å². The summed E-state index contributed by atoms with van der Waals surface area (Å²) in [6, 6.07) is 1.39. The Morgan fingerprint density at radius 3 is 1.26 bits per heavy atom. The molecule has 0 atom stereocenters. The topological polar surface area (TPSA) is 51.1 Å². The van der Waals surface area contributed by atoms with Crippen LogP contribution in [0.3, 0.4) is 0 Å². The van der Waals surface area contributed by atoms with Crippen molar-refractivity contribution in [2.75, 3.05) is 11.9 Å². The number of anilines is 2. The third kappa shape index (κ3) is 6.73. The van der Waals surface area contributed by atoms with Crippen molar-refractivity contribution in [2.24, 2.45) is 0 Å². The highest BCUT2D eigenvalue weighted by atomic mass is 35.5. The Labute approximate surface area is 235 Å². The molecule has 0 saturated heterocycles. The van der Waals surface area contributed by atoms with Crippen LogP contribution >= 0.6 is 23.2 Å². The van der Waals surface area contributed by atoms with Gasteiger partial charge in [-0.25, -0.2) is 8.78 Å². The van der Waals surface area contributed by atoms with Crippen LogP contribution in [0, 0.1) is 0 Å². The molecule has 1 heterocycles. The number of nitrogens with zero attached hydrogens (tertiary/aromatic N) is 4. The van der Waals surface area contributed by atoms with E-state index in [-0.39, 0.29) is 17.8 Å². The number of alkyl halides is 17. The molecule has 0 radical (unpaired) electrons. The van der Waals surface area contributed by atoms with E-state index < -0.39 is 75.8 Å². The van der Waals surface area contributed by atoms with Gasteiger partial charge >= 0.3 is 42.2 Å². The van der Waals surface area contributed by atoms with Crippen molar-refractivity contribution in [3.05, 3.63) is 46.2 Å². The number of benzene rings is 1. The van der Waals surface area contributed by atoms with Crippen molar-refractivity contribution in [1.82, 2.24) is 15.0 Å². The molecule has 0 bridgehead atoms. The summed E-state index contributed by atoms with van der Waals surface area (Å²) in [5.41, 5.74) is -22.4. The molecule has 0 amide bonds. The largest absolute Gasteiger partial charge is 0.452 e. The predicted octanol–water partition coefficient (Wildman–Crippen LogP) is 8.81. The predicted molar refractivity (Wildman–Crippen MR) is 110 cm³/mol. The van der Waals surface area contributed by atoms with E-state index in [0.29, 0.717) is 12.1 Å². The zero-order valence-electron chi connectivity index (χ0n) is 19.7. The third-order valence-corrected chi connectivity index (χ3v) is 5.39. The number of halogens is 19. The van der Waals surface area contributed by atoms with E-state index in [2.05, 4.69) is 19.7 Å². The fraction of sp³-hybridized carbons (Fsp3) is 0.421. The molecule has 43 heavy (non-hydrogen) atoms. The van der Waals surface area contributed by atoms with Crippen LogP contribution in [-0.2, 0) is 0 Å². The smallest absolute Gasteiger partial charge is 0.449 e. The summed E-state index contributed by atoms with van der Waals surface area (Å²) in [6.07, 6.45) is -39.7. The van der Waals surface area contributed by atoms with E-state index in [9.17, 15) is 74.6 Å². The highest BCUT2D eigenvalue weighted by Crippen LogP contribution is 2.63. The van der Waals surface area contributed by atoms with Crippen LogP contribution in [0.25, 0.3) is 0 Å². The van der Waals surface area contributed by atoms with Crippen molar-refractivity contribution in [3.63, 3.8) is 0 Å². The summed E-state index contributed by atoms with van der Waals surface area (Å²) in [7, 11) is 1.09. The normalized spacial score (nSPS) is 14.0. The first-order valence-corrected chi connectivity index (χ1v) is 10.8. The molecule has 0 saturated carbocycles. The lowest BCUT2D eigenvalue weighted by Gasteiger charge is -2.41. The molecule has 0 spiro atoms. The van der Waals surface area contributed by atoms with Gasteiger partial charge in [-0.15, -0.1) is 0 Å². The highest BCUT2D eigenvalue weighted by molar-refractivity contribution is 6.31. The van der Waals surface area contributed by atoms with E-state index in [4.69, 9.17) is 23.2 Å². The zero-order valence-corrected chi connectivity index (χ0v) is 21.2. The van der Waals surface area contributed by atoms with Crippen LogP contribution in [0.15, 0.2) is 35.6 Å². The average molecular weight is 701 g/mol. The van der Waals surface area contributed by atoms with E-state index in [1.54, 1.807) is 0 Å². The monoisotopic (exact) mass is 700 g/mol. The number of allylic oxidation sites excluding steroid dienone is 2. The van der Waals surface area contributed by atoms with Crippen molar-refractivity contribution < 1.29 is 79.4 Å². The van der Waals surface area contributed by atoms with Crippen molar-refractivity contribution in [3.8, 4) is 5.75 Å². The average Bonchev–Trinajstić information content (AvgIpc) is 2.79. The lowest BCUT2D eigenvalue weighted by molar-refractivity contribution is -0.365. The Bertz CT molecular complexity index is 1260. The fourth-order valence-electron chi connectivity index (χ4n) is 3.13. The molecule has 0 N–H and O–H groups in total. The maximum Gasteiger partial charge on any atom is 0.449 e. The minimum Gasteiger partial charge on any atom is -0.452 e. The summed E-state index contributed by atoms with van der Waals surface area (Å²) >= 11 is 11.1. The van der Waals surface area contributed by atoms with Crippen LogP contribution in [0.4, 0.5) is 86.3 Å². The maximum atomic E-state index is 14.8. The second-order valence-electron chi connectivity index (χ2n) is 7.84. The molecule has 0 aliphatic rings. The number of ether oxygens (including phenoxy) is 1. The van der Waals surface area contributed by atoms with Gasteiger partial charge in [-0.1, -0.05) is 0 Å². The summed E-state index contributed by atoms with van der Waals surface area (Å²) in [6.45, 7) is 0. The lowest BCUT2D eigenvalue weighted by Crippen LogP contribution is -2.67. The first-order chi connectivity index (χ1) is 19.0. The fourth-order valence-corrected chi connectivity index (χ4v) is 3.48. The van der Waals surface area contributed by atoms with Gasteiger partial charge in [-0.3, -0.25) is 0 Å². The Morgan fingerprint density at radius 1 is 0.605 bits per heavy atom. The number of rotatable bonds is 6. The highest BCUT2D eigenvalue weighted by Gasteiger charge is 2.88. The summed E-state index contributed by atoms with van der Waals surface area (Å²) in [5.74, 6) is -6.75. The van der Waals surface area contributed by atoms with Gasteiger partial charge in [-0.2, -0.15) is 80.8 Å². The standard InChI is InChI=1S/C19H7Cl2F17N4O/c1-42(12-40-10(20)39-11(21)41-12)6-2-4-7(5-3-6)43-9(15(24,25)26)8(13(22,16(27,28)29)17(30,31)32)14(23,18(33,34)35)19(36,37)38/h2-5H,1H3. The van der Waals surface area contributed by atoms with Crippen LogP contribution in [-0.4, -0.2) is 64.2 Å². The minimum absolute atomic E-state index is 0.141. The molecule has 0 aliphatic carbocycles. The number of hydrogen-bond acceptors (Lipinski definition) is 5. The Kier molecular flexibility index (Phi) is 9.37. The van der Waals surface area contributed by atoms with Gasteiger partial charge in [0.15, 0.2) is 0 Å². The van der Waals surface area contributed by atoms with Crippen molar-refractivity contribution >= 4 is 34.8 Å². The van der Waals surface area contributed by atoms with Gasteiger partial charge < -0.3 is 9.64 Å². The zero-order chi connectivity index (χ0) is 33.8. The second-order valence-corrected chi connectivity index (χ2v) is 8.51. The van der Waals surface area contributed by atoms with Crippen LogP contribution in [0.5, 0.6) is 5.75 Å². The van der Waals surface area contributed by atoms with E-state index in [1.807, 2.05) is 0 Å². The molecule has 2 aromatic rings. The molecule has 24 heteroatoms. The minimum atomic E-state index is -8.28. The summed E-state index contributed by atoms with van der Waals surface area (Å²) < 4.78 is 234. The lowest BCUT2D eigenvalue weighted by atomic mass is 9.79. The molecular formula is C19H7Cl2F17N4O. The Morgan fingerprint density at radius 2 is 0.953 bits per heavy atom. The molecular weight excluding hydrogens is 694 g/mol. The molecule has 0 unspecified atom stereocenters. The number of hydrogen-bond donors (Lipinski definition) is 0. The van der Waals surface area contributed by atoms with Crippen molar-refractivity contribution in [2.45, 2.75) is 42.2 Å². The van der Waals surface area contributed by atoms with Crippen molar-refractivity contribution in [1.29, 1.82) is 0 Å². The first-order valence-electron chi connectivity index (χ1n) is 10.1. The van der Waals surface area contributed by atoms with Crippen LogP contribution < -0.4 is 9.64 Å². The quantitative estimate of drug-likeness (QED) is 0.223. The van der Waals surface area contributed by atoms with Crippen LogP contribution in [0.2, 0.25) is 10.6 Å². The Hall–Kier alpha value is -3.04. The maximum absolute atomic E-state index is 14.8. The SMILES string of the molecule is CN(c1ccc(OC(=C(C(F)(C(F)(F)F)C(F)(F)F)C(F)(C(F)(F)F)C(F)(F)F)C(F)(F)F)cc1)c1nc(Cl)nc(Cl)n1. The Balaban J connectivity index is 2.97. The van der Waals surface area contributed by atoms with Gasteiger partial charge in [0.25, 0.3) is 0 Å². The molecule has 1 aromatic carbocycles. The molecule has 2 rings (SSSR count). The van der Waals surface area contributed by atoms with E-state index in [0.717, 1.165) is 11.9 Å². The van der Waals surface area contributed by atoms with Gasteiger partial charge in [0.1, 0.15) is 5.75 Å². The second kappa shape index (κ2) is 11.1.